The van der Waals surface area contributed by atoms with Crippen molar-refractivity contribution >= 4 is 71.1 Å². The largest absolute Gasteiger partial charge is 0.469 e. The van der Waals surface area contributed by atoms with Gasteiger partial charge in [-0.3, -0.25) is 52.7 Å². The molecule has 24 nitrogen and oxygen atoms in total. The zero-order chi connectivity index (χ0) is 62.0. The van der Waals surface area contributed by atoms with Crippen LogP contribution in [-0.4, -0.2) is 205 Å². The highest BCUT2D eigenvalue weighted by Gasteiger charge is 2.45. The molecular formula is C59H91N9O15. The Balaban J connectivity index is 1.89. The van der Waals surface area contributed by atoms with Crippen LogP contribution in [-0.2, 0) is 78.2 Å². The highest BCUT2D eigenvalue weighted by Crippen LogP contribution is 2.26. The highest BCUT2D eigenvalue weighted by atomic mass is 16.6. The van der Waals surface area contributed by atoms with Crippen molar-refractivity contribution in [3.05, 3.63) is 35.9 Å². The van der Waals surface area contributed by atoms with Gasteiger partial charge in [0, 0.05) is 59.4 Å². The molecule has 0 aromatic heterocycles. The Labute approximate surface area is 488 Å². The number of carbonyl (C=O) groups is 12. The zero-order valence-corrected chi connectivity index (χ0v) is 50.9. The number of nitrogens with zero attached hydrogens (tertiary/aromatic N) is 5. The van der Waals surface area contributed by atoms with Crippen molar-refractivity contribution in [3.63, 3.8) is 0 Å². The van der Waals surface area contributed by atoms with E-state index in [0.29, 0.717) is 37.7 Å². The summed E-state index contributed by atoms with van der Waals surface area (Å²) in [6.45, 7) is 13.4. The minimum atomic E-state index is -1.55. The Morgan fingerprint density at radius 2 is 1.13 bits per heavy atom. The van der Waals surface area contributed by atoms with E-state index in [4.69, 9.17) is 14.2 Å². The summed E-state index contributed by atoms with van der Waals surface area (Å²) in [6, 6.07) is -1.41. The Morgan fingerprint density at radius 3 is 1.71 bits per heavy atom. The summed E-state index contributed by atoms with van der Waals surface area (Å²) in [5.41, 5.74) is 0.650. The van der Waals surface area contributed by atoms with Crippen molar-refractivity contribution in [2.45, 2.75) is 187 Å². The minimum absolute atomic E-state index is 0.0441. The van der Waals surface area contributed by atoms with Gasteiger partial charge < -0.3 is 60.0 Å². The molecule has 0 radical (unpaired) electrons. The number of rotatable bonds is 14. The van der Waals surface area contributed by atoms with Crippen molar-refractivity contribution in [2.75, 3.05) is 55.0 Å². The third kappa shape index (κ3) is 17.9. The lowest BCUT2D eigenvalue weighted by Gasteiger charge is -2.40. The number of carbonyl (C=O) groups excluding carboxylic acids is 12. The average molecular weight is 1170 g/mol. The van der Waals surface area contributed by atoms with Gasteiger partial charge in [-0.05, 0) is 74.7 Å². The Morgan fingerprint density at radius 1 is 0.590 bits per heavy atom. The number of ether oxygens (including phenoxy) is 3. The molecule has 0 bridgehead atoms. The molecule has 462 valence electrons. The number of hydrogen-bond acceptors (Lipinski definition) is 15. The molecule has 3 fully saturated rings. The van der Waals surface area contributed by atoms with Gasteiger partial charge in [0.05, 0.1) is 20.8 Å². The van der Waals surface area contributed by atoms with Crippen molar-refractivity contribution in [3.8, 4) is 0 Å². The molecule has 0 spiro atoms. The lowest BCUT2D eigenvalue weighted by atomic mass is 9.93. The third-order valence-corrected chi connectivity index (χ3v) is 16.5. The summed E-state index contributed by atoms with van der Waals surface area (Å²) in [4.78, 5) is 178. The number of methoxy groups -OCH3 is 2. The predicted octanol–water partition coefficient (Wildman–Crippen LogP) is 1.89. The predicted molar refractivity (Wildman–Crippen MR) is 304 cm³/mol. The van der Waals surface area contributed by atoms with Crippen LogP contribution in [0.5, 0.6) is 0 Å². The maximum absolute atomic E-state index is 15.0. The van der Waals surface area contributed by atoms with E-state index in [0.717, 1.165) is 21.8 Å². The fourth-order valence-electron chi connectivity index (χ4n) is 10.9. The normalized spacial score (nSPS) is 26.5. The van der Waals surface area contributed by atoms with Gasteiger partial charge in [-0.15, -0.1) is 0 Å². The van der Waals surface area contributed by atoms with Crippen molar-refractivity contribution in [2.24, 2.45) is 23.7 Å². The number of nitrogens with one attached hydrogen (secondary N) is 4. The fraction of sp³-hybridized carbons (Fsp3) is 0.695. The quantitative estimate of drug-likeness (QED) is 0.153. The van der Waals surface area contributed by atoms with Crippen LogP contribution in [0.15, 0.2) is 30.3 Å². The molecule has 24 heteroatoms. The number of cyclic esters (lactones) is 1. The lowest BCUT2D eigenvalue weighted by molar-refractivity contribution is -0.167. The molecule has 0 aliphatic carbocycles. The molecule has 3 saturated heterocycles. The SMILES string of the molecule is CCC(C)C1OC(=O)[C@H](CCC(=O)OC)N(C)C(=O)[C@H](C(C)C)NC(=O)C2CCCCN2C(=O)[C@H]([C@@H](C)CC)NC(=O)[C@H](CCC(=O)OC)N(C)C(=O)[C@H](C(C)C)N(C)C(=O)CNC(=O)[C@@H]2CCCN2C(=O)[C@H](Cc2ccccc2)NC1=O. The fourth-order valence-corrected chi connectivity index (χ4v) is 10.9. The zero-order valence-electron chi connectivity index (χ0n) is 50.9. The van der Waals surface area contributed by atoms with Crippen molar-refractivity contribution in [1.82, 2.24) is 45.8 Å². The maximum Gasteiger partial charge on any atom is 0.329 e. The van der Waals surface area contributed by atoms with E-state index in [9.17, 15) is 57.5 Å². The minimum Gasteiger partial charge on any atom is -0.469 e. The molecule has 1 aromatic carbocycles. The van der Waals surface area contributed by atoms with Gasteiger partial charge in [-0.25, -0.2) is 4.79 Å². The van der Waals surface area contributed by atoms with Crippen LogP contribution in [0.25, 0.3) is 0 Å². The summed E-state index contributed by atoms with van der Waals surface area (Å²) in [5.74, 6) is -11.2. The highest BCUT2D eigenvalue weighted by molar-refractivity contribution is 5.99. The van der Waals surface area contributed by atoms with Gasteiger partial charge in [0.15, 0.2) is 6.10 Å². The second kappa shape index (κ2) is 32.1. The molecule has 3 aliphatic heterocycles. The van der Waals surface area contributed by atoms with Crippen LogP contribution in [0.2, 0.25) is 0 Å². The van der Waals surface area contributed by atoms with Crippen LogP contribution in [0, 0.1) is 23.7 Å². The van der Waals surface area contributed by atoms with E-state index in [1.807, 2.05) is 6.92 Å². The number of piperidine rings is 1. The molecule has 4 N–H and O–H groups in total. The number of benzene rings is 1. The van der Waals surface area contributed by atoms with E-state index in [1.54, 1.807) is 78.8 Å². The molecule has 83 heavy (non-hydrogen) atoms. The van der Waals surface area contributed by atoms with Crippen LogP contribution < -0.4 is 21.3 Å². The Bertz CT molecular complexity index is 2480. The summed E-state index contributed by atoms with van der Waals surface area (Å²) < 4.78 is 15.8. The van der Waals surface area contributed by atoms with Gasteiger partial charge in [0.1, 0.15) is 48.3 Å². The number of likely N-dealkylation sites (N-methyl/N-ethyl adjacent to an activating group) is 3. The molecule has 1 aromatic rings. The van der Waals surface area contributed by atoms with Crippen LogP contribution in [0.4, 0.5) is 0 Å². The summed E-state index contributed by atoms with van der Waals surface area (Å²) in [5, 5.41) is 11.1. The molecule has 3 unspecified atom stereocenters. The lowest BCUT2D eigenvalue weighted by Crippen LogP contribution is -2.63. The van der Waals surface area contributed by atoms with Crippen LogP contribution in [0.3, 0.4) is 0 Å². The summed E-state index contributed by atoms with van der Waals surface area (Å²) in [6.07, 6.45) is -0.347. The van der Waals surface area contributed by atoms with Gasteiger partial charge in [-0.1, -0.05) is 92.1 Å². The molecular weight excluding hydrogens is 1070 g/mol. The molecule has 3 heterocycles. The first kappa shape index (κ1) is 68.4. The second-order valence-electron chi connectivity index (χ2n) is 22.9. The summed E-state index contributed by atoms with van der Waals surface area (Å²) >= 11 is 0. The van der Waals surface area contributed by atoms with E-state index in [-0.39, 0.29) is 58.0 Å². The molecule has 3 aliphatic rings. The van der Waals surface area contributed by atoms with Crippen LogP contribution in [0.1, 0.15) is 132 Å². The molecule has 0 saturated carbocycles. The first-order valence-electron chi connectivity index (χ1n) is 29.2. The Hall–Kier alpha value is -7.14. The number of amides is 9. The smallest absolute Gasteiger partial charge is 0.329 e. The first-order valence-corrected chi connectivity index (χ1v) is 29.2. The number of fused-ring (bicyclic) bond motifs is 2. The van der Waals surface area contributed by atoms with Gasteiger partial charge in [-0.2, -0.15) is 0 Å². The first-order chi connectivity index (χ1) is 39.2. The maximum atomic E-state index is 15.0. The standard InChI is InChI=1S/C59H91N9O15/c1-14-36(7)48-57(78)68-30-20-19-24-42(68)53(74)62-47(34(3)4)56(77)65(10)43(27-29-46(71)82-13)59(80)83-50(37(8)15-2)54(75)61-39(32-38-22-17-16-18-23-38)55(76)67-31-21-25-41(67)51(72)60-33-44(69)66(11)49(35(5)6)58(79)64(9)40(52(73)63-48)26-28-45(70)81-12/h16-18,22-23,34-37,39-43,47-50H,14-15,19-21,24-33H2,1-13H3,(H,60,72)(H,61,75)(H,62,74)(H,63,73)/t36-,37?,39-,40-,41-,42?,43-,47-,48-,49-,50?/m0/s1. The van der Waals surface area contributed by atoms with E-state index in [1.165, 1.54) is 38.1 Å². The Kier molecular flexibility index (Phi) is 26.4. The van der Waals surface area contributed by atoms with E-state index < -0.39 is 156 Å². The van der Waals surface area contributed by atoms with Gasteiger partial charge >= 0.3 is 17.9 Å². The molecule has 4 rings (SSSR count). The van der Waals surface area contributed by atoms with Gasteiger partial charge in [0.2, 0.25) is 47.3 Å². The monoisotopic (exact) mass is 1170 g/mol. The third-order valence-electron chi connectivity index (χ3n) is 16.5. The topological polar surface area (TPSA) is 297 Å². The number of hydrogen-bond donors (Lipinski definition) is 4. The van der Waals surface area contributed by atoms with Crippen molar-refractivity contribution < 1.29 is 71.7 Å². The van der Waals surface area contributed by atoms with E-state index >= 15 is 0 Å². The second-order valence-corrected chi connectivity index (χ2v) is 22.9. The van der Waals surface area contributed by atoms with Crippen molar-refractivity contribution in [1.29, 1.82) is 0 Å². The van der Waals surface area contributed by atoms with E-state index in [2.05, 4.69) is 21.3 Å². The average Bonchev–Trinajstić information content (AvgIpc) is 4.11. The molecule has 11 atom stereocenters. The number of esters is 3. The molecule has 9 amide bonds. The van der Waals surface area contributed by atoms with Crippen LogP contribution >= 0.6 is 0 Å². The van der Waals surface area contributed by atoms with Gasteiger partial charge in [0.25, 0.3) is 5.91 Å². The summed E-state index contributed by atoms with van der Waals surface area (Å²) in [7, 11) is 6.38.